The number of hydrogen-bond acceptors (Lipinski definition) is 1. The third kappa shape index (κ3) is 9.80. The van der Waals surface area contributed by atoms with Crippen LogP contribution in [0.4, 0.5) is 0 Å². The summed E-state index contributed by atoms with van der Waals surface area (Å²) in [5, 5.41) is 0. The third-order valence-corrected chi connectivity index (χ3v) is 0. The number of halogens is 1. The van der Waals surface area contributed by atoms with E-state index in [0.717, 1.165) is 0 Å². The van der Waals surface area contributed by atoms with Crippen molar-refractivity contribution in [3.8, 4) is 0 Å². The maximum atomic E-state index is 0. The molecular weight excluding hydrogens is 108 g/mol. The fraction of sp³-hybridized carbons (Fsp3) is 0. The van der Waals surface area contributed by atoms with Crippen molar-refractivity contribution in [2.24, 2.45) is 0 Å². The molecule has 4 heteroatoms. The van der Waals surface area contributed by atoms with E-state index in [1.54, 1.807) is 0 Å². The molecule has 0 aliphatic heterocycles. The molecule has 0 aliphatic carbocycles. The van der Waals surface area contributed by atoms with Gasteiger partial charge < -0.3 is 23.4 Å². The SMILES string of the molecule is O.[Ca+2].[Cl-].[OH-]. The van der Waals surface area contributed by atoms with Crippen molar-refractivity contribution in [2.45, 2.75) is 0 Å². The summed E-state index contributed by atoms with van der Waals surface area (Å²) in [7, 11) is 0. The predicted octanol–water partition coefficient (Wildman–Crippen LogP) is -4.38. The Morgan fingerprint density at radius 2 is 1.00 bits per heavy atom. The van der Waals surface area contributed by atoms with E-state index >= 15 is 0 Å². The van der Waals surface area contributed by atoms with Crippen molar-refractivity contribution in [3.63, 3.8) is 0 Å². The van der Waals surface area contributed by atoms with E-state index in [1.807, 2.05) is 0 Å². The van der Waals surface area contributed by atoms with Crippen LogP contribution in [0.25, 0.3) is 0 Å². The fourth-order valence-electron chi connectivity index (χ4n) is 0. The molecule has 0 saturated heterocycles. The molecular formula is H3CaClO2. The van der Waals surface area contributed by atoms with Crippen LogP contribution in [-0.2, 0) is 0 Å². The summed E-state index contributed by atoms with van der Waals surface area (Å²) in [5.74, 6) is 0. The molecule has 0 bridgehead atoms. The van der Waals surface area contributed by atoms with Gasteiger partial charge in [0.25, 0.3) is 0 Å². The van der Waals surface area contributed by atoms with Gasteiger partial charge in [-0.3, -0.25) is 0 Å². The van der Waals surface area contributed by atoms with Crippen LogP contribution in [0.5, 0.6) is 0 Å². The summed E-state index contributed by atoms with van der Waals surface area (Å²) < 4.78 is 0. The topological polar surface area (TPSA) is 61.5 Å². The second-order valence-corrected chi connectivity index (χ2v) is 0. The van der Waals surface area contributed by atoms with Crippen LogP contribution in [-0.4, -0.2) is 48.7 Å². The first kappa shape index (κ1) is 50.6. The smallest absolute Gasteiger partial charge is 1.00 e. The van der Waals surface area contributed by atoms with Gasteiger partial charge in [-0.2, -0.15) is 0 Å². The van der Waals surface area contributed by atoms with Gasteiger partial charge in [-0.15, -0.1) is 0 Å². The molecule has 0 unspecified atom stereocenters. The first-order valence-electron chi connectivity index (χ1n) is 0. The van der Waals surface area contributed by atoms with Crippen LogP contribution >= 0.6 is 0 Å². The predicted molar refractivity (Wildman–Crippen MR) is 11.3 cm³/mol. The Bertz CT molecular complexity index is 6.00. The summed E-state index contributed by atoms with van der Waals surface area (Å²) in [4.78, 5) is 0. The zero-order chi connectivity index (χ0) is 0. The third-order valence-electron chi connectivity index (χ3n) is 0. The minimum absolute atomic E-state index is 0. The van der Waals surface area contributed by atoms with E-state index in [-0.39, 0.29) is 61.1 Å². The molecule has 0 fully saturated rings. The molecule has 0 saturated carbocycles. The molecule has 0 aromatic heterocycles. The Morgan fingerprint density at radius 1 is 1.00 bits per heavy atom. The first-order chi connectivity index (χ1) is 0. The summed E-state index contributed by atoms with van der Waals surface area (Å²) in [6.45, 7) is 0. The largest absolute Gasteiger partial charge is 2.00 e. The molecule has 0 atom stereocenters. The average Bonchev–Trinajstić information content (AvgIpc) is 0. The standard InChI is InChI=1S/Ca.ClH.2H2O/h;1H;2*1H2/q+2;;;/p-2. The second-order valence-electron chi connectivity index (χ2n) is 0. The van der Waals surface area contributed by atoms with Crippen LogP contribution in [0.3, 0.4) is 0 Å². The van der Waals surface area contributed by atoms with Crippen LogP contribution < -0.4 is 12.4 Å². The zero-order valence-electron chi connectivity index (χ0n) is 2.03. The van der Waals surface area contributed by atoms with Gasteiger partial charge in [0.1, 0.15) is 0 Å². The summed E-state index contributed by atoms with van der Waals surface area (Å²) >= 11 is 0. The summed E-state index contributed by atoms with van der Waals surface area (Å²) in [6, 6.07) is 0. The first-order valence-corrected chi connectivity index (χ1v) is 0. The van der Waals surface area contributed by atoms with Gasteiger partial charge in [0.15, 0.2) is 0 Å². The van der Waals surface area contributed by atoms with Crippen molar-refractivity contribution in [1.29, 1.82) is 0 Å². The van der Waals surface area contributed by atoms with Crippen molar-refractivity contribution < 1.29 is 23.4 Å². The average molecular weight is 111 g/mol. The molecule has 0 aromatic rings. The molecule has 0 rings (SSSR count). The quantitative estimate of drug-likeness (QED) is 0.291. The maximum absolute atomic E-state index is 0. The molecule has 0 aliphatic rings. The molecule has 2 nitrogen and oxygen atoms in total. The monoisotopic (exact) mass is 110 g/mol. The van der Waals surface area contributed by atoms with Crippen LogP contribution in [0, 0.1) is 0 Å². The normalized spacial score (nSPS) is 0. The van der Waals surface area contributed by atoms with E-state index in [9.17, 15) is 0 Å². The van der Waals surface area contributed by atoms with Gasteiger partial charge >= 0.3 is 37.7 Å². The zero-order valence-corrected chi connectivity index (χ0v) is 5.00. The molecule has 0 heterocycles. The van der Waals surface area contributed by atoms with Crippen molar-refractivity contribution in [1.82, 2.24) is 0 Å². The van der Waals surface area contributed by atoms with Crippen molar-refractivity contribution >= 4 is 37.7 Å². The van der Waals surface area contributed by atoms with Gasteiger partial charge in [0.2, 0.25) is 0 Å². The summed E-state index contributed by atoms with van der Waals surface area (Å²) in [5.41, 5.74) is 0. The van der Waals surface area contributed by atoms with E-state index in [4.69, 9.17) is 0 Å². The molecule has 0 radical (unpaired) electrons. The van der Waals surface area contributed by atoms with E-state index in [2.05, 4.69) is 0 Å². The van der Waals surface area contributed by atoms with Crippen LogP contribution in [0.15, 0.2) is 0 Å². The molecule has 0 aromatic carbocycles. The van der Waals surface area contributed by atoms with Crippen molar-refractivity contribution in [2.75, 3.05) is 0 Å². The van der Waals surface area contributed by atoms with Crippen LogP contribution in [0.1, 0.15) is 0 Å². The van der Waals surface area contributed by atoms with Gasteiger partial charge in [-0.05, 0) is 0 Å². The van der Waals surface area contributed by atoms with Gasteiger partial charge in [-0.1, -0.05) is 0 Å². The Labute approximate surface area is 60.6 Å². The molecule has 0 amide bonds. The van der Waals surface area contributed by atoms with Crippen LogP contribution in [0.2, 0.25) is 0 Å². The van der Waals surface area contributed by atoms with E-state index in [1.165, 1.54) is 0 Å². The van der Waals surface area contributed by atoms with E-state index in [0.29, 0.717) is 0 Å². The van der Waals surface area contributed by atoms with Gasteiger partial charge in [0.05, 0.1) is 0 Å². The van der Waals surface area contributed by atoms with Crippen molar-refractivity contribution in [3.05, 3.63) is 0 Å². The Balaban J connectivity index is 0. The second kappa shape index (κ2) is 24.9. The fourth-order valence-corrected chi connectivity index (χ4v) is 0. The molecule has 0 spiro atoms. The summed E-state index contributed by atoms with van der Waals surface area (Å²) in [6.07, 6.45) is 0. The Morgan fingerprint density at radius 3 is 1.00 bits per heavy atom. The Hall–Kier alpha value is 1.47. The van der Waals surface area contributed by atoms with Gasteiger partial charge in [-0.25, -0.2) is 0 Å². The number of rotatable bonds is 0. The minimum Gasteiger partial charge on any atom is -1.00 e. The van der Waals surface area contributed by atoms with Gasteiger partial charge in [0, 0.05) is 0 Å². The van der Waals surface area contributed by atoms with E-state index < -0.39 is 0 Å². The Kier molecular flexibility index (Phi) is 315. The molecule has 3 N–H and O–H groups in total. The minimum atomic E-state index is 0. The molecule has 24 valence electrons. The molecule has 4 heavy (non-hydrogen) atoms. The maximum Gasteiger partial charge on any atom is 2.00 e. The number of hydrogen-bond donors (Lipinski definition) is 0.